The SMILES string of the molecule is NC(=O)CCC(NC(=O)C(CS)NC(=O)C(N)CCC(=O)O)C(=O)NC(Cc1ccc(O)cc1)C(=O)O. The number of primary amides is 1. The van der Waals surface area contributed by atoms with Crippen LogP contribution in [0, 0.1) is 0 Å². The van der Waals surface area contributed by atoms with Gasteiger partial charge in [0.05, 0.1) is 6.04 Å². The molecule has 0 saturated heterocycles. The Hall–Kier alpha value is -3.85. The molecule has 10 N–H and O–H groups in total. The van der Waals surface area contributed by atoms with Crippen molar-refractivity contribution in [3.8, 4) is 5.75 Å². The zero-order chi connectivity index (χ0) is 28.1. The van der Waals surface area contributed by atoms with Gasteiger partial charge in [-0.05, 0) is 30.5 Å². The first kappa shape index (κ1) is 31.2. The van der Waals surface area contributed by atoms with Crippen molar-refractivity contribution in [2.24, 2.45) is 11.5 Å². The number of amides is 4. The van der Waals surface area contributed by atoms with Crippen LogP contribution >= 0.6 is 12.6 Å². The summed E-state index contributed by atoms with van der Waals surface area (Å²) in [6, 6.07) is 0.380. The highest BCUT2D eigenvalue weighted by Crippen LogP contribution is 2.12. The number of aromatic hydroxyl groups is 1. The summed E-state index contributed by atoms with van der Waals surface area (Å²) in [6.45, 7) is 0. The molecule has 1 aromatic rings. The molecule has 204 valence electrons. The molecule has 14 nitrogen and oxygen atoms in total. The van der Waals surface area contributed by atoms with Crippen molar-refractivity contribution in [1.29, 1.82) is 0 Å². The van der Waals surface area contributed by atoms with E-state index in [1.807, 2.05) is 0 Å². The Labute approximate surface area is 217 Å². The van der Waals surface area contributed by atoms with Crippen LogP contribution in [0.3, 0.4) is 0 Å². The van der Waals surface area contributed by atoms with Crippen LogP contribution in [-0.2, 0) is 35.2 Å². The van der Waals surface area contributed by atoms with Crippen molar-refractivity contribution in [2.45, 2.75) is 56.3 Å². The number of phenolic OH excluding ortho intramolecular Hbond substituents is 1. The van der Waals surface area contributed by atoms with E-state index in [1.165, 1.54) is 24.3 Å². The Balaban J connectivity index is 2.93. The predicted octanol–water partition coefficient (Wildman–Crippen LogP) is -2.14. The number of carboxylic acid groups (broad SMARTS) is 2. The van der Waals surface area contributed by atoms with E-state index >= 15 is 0 Å². The van der Waals surface area contributed by atoms with E-state index in [1.54, 1.807) is 0 Å². The van der Waals surface area contributed by atoms with Gasteiger partial charge >= 0.3 is 11.9 Å². The molecule has 0 aliphatic rings. The molecule has 37 heavy (non-hydrogen) atoms. The Kier molecular flexibility index (Phi) is 12.9. The van der Waals surface area contributed by atoms with Gasteiger partial charge in [-0.1, -0.05) is 12.1 Å². The van der Waals surface area contributed by atoms with E-state index in [9.17, 15) is 39.0 Å². The molecule has 0 aliphatic heterocycles. The van der Waals surface area contributed by atoms with Gasteiger partial charge in [-0.3, -0.25) is 24.0 Å². The lowest BCUT2D eigenvalue weighted by molar-refractivity contribution is -0.142. The summed E-state index contributed by atoms with van der Waals surface area (Å²) in [5.74, 6) is -6.12. The first-order valence-corrected chi connectivity index (χ1v) is 11.8. The Morgan fingerprint density at radius 3 is 1.86 bits per heavy atom. The van der Waals surface area contributed by atoms with Crippen molar-refractivity contribution in [3.63, 3.8) is 0 Å². The van der Waals surface area contributed by atoms with Crippen molar-refractivity contribution in [2.75, 3.05) is 5.75 Å². The minimum Gasteiger partial charge on any atom is -0.508 e. The molecule has 4 amide bonds. The zero-order valence-corrected chi connectivity index (χ0v) is 20.6. The maximum Gasteiger partial charge on any atom is 0.326 e. The van der Waals surface area contributed by atoms with Crippen LogP contribution in [0.5, 0.6) is 5.75 Å². The second-order valence-electron chi connectivity index (χ2n) is 8.12. The summed E-state index contributed by atoms with van der Waals surface area (Å²) in [5, 5.41) is 34.6. The molecule has 0 aliphatic carbocycles. The summed E-state index contributed by atoms with van der Waals surface area (Å²) < 4.78 is 0. The topological polar surface area (TPSA) is 251 Å². The highest BCUT2D eigenvalue weighted by Gasteiger charge is 2.30. The molecule has 4 atom stereocenters. The van der Waals surface area contributed by atoms with Gasteiger partial charge in [0.2, 0.25) is 23.6 Å². The van der Waals surface area contributed by atoms with Gasteiger partial charge in [0, 0.05) is 25.0 Å². The molecule has 0 aromatic heterocycles. The summed E-state index contributed by atoms with van der Waals surface area (Å²) in [6.07, 6.45) is -1.25. The Morgan fingerprint density at radius 2 is 1.35 bits per heavy atom. The molecule has 0 radical (unpaired) electrons. The van der Waals surface area contributed by atoms with Gasteiger partial charge in [0.1, 0.15) is 23.9 Å². The number of benzene rings is 1. The van der Waals surface area contributed by atoms with E-state index in [0.717, 1.165) is 0 Å². The van der Waals surface area contributed by atoms with E-state index in [0.29, 0.717) is 5.56 Å². The number of aliphatic carboxylic acids is 2. The number of carboxylic acids is 2. The van der Waals surface area contributed by atoms with Gasteiger partial charge in [-0.2, -0.15) is 12.6 Å². The van der Waals surface area contributed by atoms with Gasteiger partial charge in [-0.15, -0.1) is 0 Å². The monoisotopic (exact) mass is 541 g/mol. The van der Waals surface area contributed by atoms with Crippen molar-refractivity contribution in [1.82, 2.24) is 16.0 Å². The summed E-state index contributed by atoms with van der Waals surface area (Å²) in [4.78, 5) is 71.5. The number of phenols is 1. The van der Waals surface area contributed by atoms with Gasteiger partial charge < -0.3 is 42.7 Å². The van der Waals surface area contributed by atoms with Gasteiger partial charge in [-0.25, -0.2) is 4.79 Å². The largest absolute Gasteiger partial charge is 0.508 e. The fourth-order valence-electron chi connectivity index (χ4n) is 3.05. The van der Waals surface area contributed by atoms with E-state index < -0.39 is 59.7 Å². The number of hydrogen-bond donors (Lipinski definition) is 9. The van der Waals surface area contributed by atoms with E-state index in [4.69, 9.17) is 16.6 Å². The quantitative estimate of drug-likeness (QED) is 0.103. The van der Waals surface area contributed by atoms with Crippen LogP contribution in [0.2, 0.25) is 0 Å². The highest BCUT2D eigenvalue weighted by atomic mass is 32.1. The third kappa shape index (κ3) is 11.6. The van der Waals surface area contributed by atoms with Gasteiger partial charge in [0.25, 0.3) is 0 Å². The molecule has 0 fully saturated rings. The first-order valence-electron chi connectivity index (χ1n) is 11.1. The van der Waals surface area contributed by atoms with Crippen LogP contribution in [0.4, 0.5) is 0 Å². The number of hydrogen-bond acceptors (Lipinski definition) is 9. The molecule has 0 spiro atoms. The third-order valence-electron chi connectivity index (χ3n) is 5.12. The molecule has 0 bridgehead atoms. The molecule has 0 saturated carbocycles. The molecule has 4 unspecified atom stereocenters. The normalized spacial score (nSPS) is 13.9. The van der Waals surface area contributed by atoms with Gasteiger partial charge in [0.15, 0.2) is 0 Å². The molecule has 1 rings (SSSR count). The van der Waals surface area contributed by atoms with Crippen LogP contribution in [0.1, 0.15) is 31.2 Å². The number of carbonyl (C=O) groups excluding carboxylic acids is 4. The third-order valence-corrected chi connectivity index (χ3v) is 5.49. The molecule has 15 heteroatoms. The lowest BCUT2D eigenvalue weighted by Crippen LogP contribution is -2.58. The van der Waals surface area contributed by atoms with Crippen LogP contribution < -0.4 is 27.4 Å². The predicted molar refractivity (Wildman–Crippen MR) is 132 cm³/mol. The van der Waals surface area contributed by atoms with Crippen molar-refractivity contribution >= 4 is 48.2 Å². The lowest BCUT2D eigenvalue weighted by Gasteiger charge is -2.24. The average Bonchev–Trinajstić information content (AvgIpc) is 2.83. The standard InChI is InChI=1S/C22H31N5O9S/c23-13(5-8-18(30)31)19(32)27-16(10-37)21(34)25-14(6-7-17(24)29)20(33)26-15(22(35)36)9-11-1-3-12(28)4-2-11/h1-4,13-16,28,37H,5-10,23H2,(H2,24,29)(H,25,34)(H,26,33)(H,27,32)(H,30,31)(H,35,36). The minimum absolute atomic E-state index is 0.0254. The van der Waals surface area contributed by atoms with Crippen molar-refractivity contribution in [3.05, 3.63) is 29.8 Å². The molecular formula is C22H31N5O9S. The average molecular weight is 542 g/mol. The summed E-state index contributed by atoms with van der Waals surface area (Å²) in [7, 11) is 0. The lowest BCUT2D eigenvalue weighted by atomic mass is 10.0. The Bertz CT molecular complexity index is 989. The van der Waals surface area contributed by atoms with Crippen LogP contribution in [-0.4, -0.2) is 80.8 Å². The molecule has 1 aromatic carbocycles. The van der Waals surface area contributed by atoms with Crippen LogP contribution in [0.15, 0.2) is 24.3 Å². The van der Waals surface area contributed by atoms with E-state index in [2.05, 4.69) is 28.6 Å². The van der Waals surface area contributed by atoms with Crippen molar-refractivity contribution < 1.29 is 44.1 Å². The Morgan fingerprint density at radius 1 is 0.811 bits per heavy atom. The zero-order valence-electron chi connectivity index (χ0n) is 19.8. The molecular weight excluding hydrogens is 510 g/mol. The smallest absolute Gasteiger partial charge is 0.326 e. The second-order valence-corrected chi connectivity index (χ2v) is 8.48. The number of rotatable bonds is 16. The fourth-order valence-corrected chi connectivity index (χ4v) is 3.31. The van der Waals surface area contributed by atoms with Crippen LogP contribution in [0.25, 0.3) is 0 Å². The number of thiol groups is 1. The van der Waals surface area contributed by atoms with E-state index in [-0.39, 0.29) is 43.6 Å². The number of carbonyl (C=O) groups is 6. The maximum absolute atomic E-state index is 12.9. The number of nitrogens with two attached hydrogens (primary N) is 2. The summed E-state index contributed by atoms with van der Waals surface area (Å²) >= 11 is 4.01. The highest BCUT2D eigenvalue weighted by molar-refractivity contribution is 7.80. The summed E-state index contributed by atoms with van der Waals surface area (Å²) in [5.41, 5.74) is 11.3. The molecule has 0 heterocycles. The fraction of sp³-hybridized carbons (Fsp3) is 0.455. The maximum atomic E-state index is 12.9. The number of nitrogens with one attached hydrogen (secondary N) is 3. The minimum atomic E-state index is -1.40. The first-order chi connectivity index (χ1) is 17.3. The second kappa shape index (κ2) is 15.3.